The summed E-state index contributed by atoms with van der Waals surface area (Å²) in [6.45, 7) is 5.18. The maximum atomic E-state index is 13.1. The van der Waals surface area contributed by atoms with Crippen molar-refractivity contribution in [2.75, 3.05) is 20.3 Å². The molecule has 0 bridgehead atoms. The number of aromatic nitrogens is 1. The van der Waals surface area contributed by atoms with Gasteiger partial charge in [0.1, 0.15) is 5.75 Å². The molecule has 0 aliphatic heterocycles. The minimum absolute atomic E-state index is 0. The van der Waals surface area contributed by atoms with Gasteiger partial charge < -0.3 is 19.5 Å². The molecule has 1 aromatic heterocycles. The molecule has 8 heteroatoms. The molecule has 0 spiro atoms. The summed E-state index contributed by atoms with van der Waals surface area (Å²) >= 11 is 0. The Morgan fingerprint density at radius 1 is 1.05 bits per heavy atom. The molecule has 1 saturated carbocycles. The molecular weight excluding hydrogens is 479 g/mol. The van der Waals surface area contributed by atoms with Gasteiger partial charge in [-0.15, -0.1) is 0 Å². The number of nitrogens with zero attached hydrogens (tertiary/aromatic N) is 2. The van der Waals surface area contributed by atoms with Crippen LogP contribution < -0.4 is 9.47 Å². The number of methoxy groups -OCH3 is 1. The summed E-state index contributed by atoms with van der Waals surface area (Å²) in [7, 11) is 1.61. The Kier molecular flexibility index (Phi) is 10.1. The van der Waals surface area contributed by atoms with Crippen molar-refractivity contribution in [3.05, 3.63) is 65.9 Å². The number of amides is 1. The van der Waals surface area contributed by atoms with Crippen LogP contribution in [0.4, 0.5) is 0 Å². The number of carbonyl (C=O) groups excluding carboxylic acids is 1. The van der Waals surface area contributed by atoms with Crippen molar-refractivity contribution in [3.63, 3.8) is 0 Å². The molecule has 37 heavy (non-hydrogen) atoms. The largest absolute Gasteiger partial charge is 0.496 e. The van der Waals surface area contributed by atoms with E-state index in [2.05, 4.69) is 4.98 Å². The number of carboxylic acids is 1. The molecule has 1 aliphatic rings. The van der Waals surface area contributed by atoms with Crippen LogP contribution in [0.2, 0.25) is 0 Å². The summed E-state index contributed by atoms with van der Waals surface area (Å²) in [5.41, 5.74) is 4.61. The predicted octanol–water partition coefficient (Wildman–Crippen LogP) is 4.83. The van der Waals surface area contributed by atoms with E-state index in [0.717, 1.165) is 40.7 Å². The van der Waals surface area contributed by atoms with Crippen LogP contribution >= 0.6 is 0 Å². The second kappa shape index (κ2) is 13.1. The fraction of sp³-hybridized carbons (Fsp3) is 0.345. The van der Waals surface area contributed by atoms with Crippen molar-refractivity contribution in [2.45, 2.75) is 39.7 Å². The third-order valence-electron chi connectivity index (χ3n) is 6.43. The van der Waals surface area contributed by atoms with Gasteiger partial charge in [-0.2, -0.15) is 0 Å². The SMILES string of the molecule is CCOc1ccc(-c2cc(OC)c(-c3ccccc3)c(CN(CC)C(=O)C3CC3)c2CC(=O)O)cn1.[Na]. The van der Waals surface area contributed by atoms with E-state index in [1.165, 1.54) is 0 Å². The fourth-order valence-corrected chi connectivity index (χ4v) is 4.52. The van der Waals surface area contributed by atoms with Crippen molar-refractivity contribution >= 4 is 41.4 Å². The van der Waals surface area contributed by atoms with Crippen LogP contribution in [0.1, 0.15) is 37.8 Å². The Morgan fingerprint density at radius 2 is 1.78 bits per heavy atom. The van der Waals surface area contributed by atoms with Crippen LogP contribution in [0.5, 0.6) is 11.6 Å². The zero-order valence-corrected chi connectivity index (χ0v) is 24.0. The first-order chi connectivity index (χ1) is 17.5. The summed E-state index contributed by atoms with van der Waals surface area (Å²) in [5.74, 6) is 0.348. The molecule has 0 saturated heterocycles. The van der Waals surface area contributed by atoms with Gasteiger partial charge in [0.2, 0.25) is 11.8 Å². The van der Waals surface area contributed by atoms with Gasteiger partial charge in [0.05, 0.1) is 20.1 Å². The van der Waals surface area contributed by atoms with E-state index < -0.39 is 5.97 Å². The average Bonchev–Trinajstić information content (AvgIpc) is 3.74. The van der Waals surface area contributed by atoms with Gasteiger partial charge in [-0.1, -0.05) is 30.3 Å². The summed E-state index contributed by atoms with van der Waals surface area (Å²) in [4.78, 5) is 31.4. The summed E-state index contributed by atoms with van der Waals surface area (Å²) in [6.07, 6.45) is 3.30. The normalized spacial score (nSPS) is 12.4. The van der Waals surface area contributed by atoms with E-state index in [4.69, 9.17) is 9.47 Å². The molecule has 1 N–H and O–H groups in total. The summed E-state index contributed by atoms with van der Waals surface area (Å²) in [5, 5.41) is 9.92. The van der Waals surface area contributed by atoms with Crippen LogP contribution in [0.3, 0.4) is 0 Å². The molecule has 0 atom stereocenters. The number of rotatable bonds is 11. The minimum Gasteiger partial charge on any atom is -0.496 e. The van der Waals surface area contributed by atoms with E-state index in [1.54, 1.807) is 19.4 Å². The number of pyridine rings is 1. The first-order valence-corrected chi connectivity index (χ1v) is 12.3. The molecule has 4 rings (SSSR count). The number of carbonyl (C=O) groups is 2. The molecule has 1 heterocycles. The van der Waals surface area contributed by atoms with Gasteiger partial charge >= 0.3 is 5.97 Å². The van der Waals surface area contributed by atoms with Gasteiger partial charge in [-0.25, -0.2) is 4.98 Å². The van der Waals surface area contributed by atoms with E-state index in [-0.39, 0.29) is 47.8 Å². The van der Waals surface area contributed by atoms with Crippen molar-refractivity contribution in [1.82, 2.24) is 9.88 Å². The van der Waals surface area contributed by atoms with E-state index in [0.29, 0.717) is 36.9 Å². The van der Waals surface area contributed by atoms with Crippen LogP contribution in [0.15, 0.2) is 54.7 Å². The van der Waals surface area contributed by atoms with Gasteiger partial charge in [-0.05, 0) is 61.1 Å². The minimum atomic E-state index is -0.947. The van der Waals surface area contributed by atoms with Gasteiger partial charge in [0, 0.05) is 72.0 Å². The van der Waals surface area contributed by atoms with Crippen LogP contribution in [0.25, 0.3) is 22.3 Å². The molecule has 1 radical (unpaired) electrons. The zero-order chi connectivity index (χ0) is 25.7. The van der Waals surface area contributed by atoms with Gasteiger partial charge in [-0.3, -0.25) is 9.59 Å². The molecule has 1 fully saturated rings. The Hall–Kier alpha value is -2.87. The molecule has 1 amide bonds. The van der Waals surface area contributed by atoms with E-state index in [9.17, 15) is 14.7 Å². The van der Waals surface area contributed by atoms with E-state index >= 15 is 0 Å². The monoisotopic (exact) mass is 511 g/mol. The average molecular weight is 512 g/mol. The van der Waals surface area contributed by atoms with Gasteiger partial charge in [0.15, 0.2) is 0 Å². The van der Waals surface area contributed by atoms with Crippen molar-refractivity contribution in [2.24, 2.45) is 5.92 Å². The maximum absolute atomic E-state index is 13.1. The molecule has 2 aromatic carbocycles. The number of carboxylic acid groups (broad SMARTS) is 1. The Balaban J connectivity index is 0.00000380. The first-order valence-electron chi connectivity index (χ1n) is 12.3. The third-order valence-corrected chi connectivity index (χ3v) is 6.43. The van der Waals surface area contributed by atoms with Crippen LogP contribution in [0, 0.1) is 5.92 Å². The van der Waals surface area contributed by atoms with E-state index in [1.807, 2.05) is 61.2 Å². The standard InChI is InChI=1S/C29H32N2O5.Na/c1-4-31(29(34)20-11-12-20)18-24-23(16-27(32)33)22(21-13-14-26(30-17-21)36-5-2)15-25(35-3)28(24)19-9-7-6-8-10-19;/h6-10,13-15,17,20H,4-5,11-12,16,18H2,1-3H3,(H,32,33);. The number of aliphatic carboxylic acids is 1. The van der Waals surface area contributed by atoms with Crippen LogP contribution in [-0.4, -0.2) is 76.7 Å². The summed E-state index contributed by atoms with van der Waals surface area (Å²) < 4.78 is 11.3. The fourth-order valence-electron chi connectivity index (χ4n) is 4.52. The van der Waals surface area contributed by atoms with Crippen molar-refractivity contribution in [1.29, 1.82) is 0 Å². The molecule has 0 unspecified atom stereocenters. The van der Waals surface area contributed by atoms with Crippen LogP contribution in [-0.2, 0) is 22.6 Å². The first kappa shape index (κ1) is 28.7. The number of ether oxygens (including phenoxy) is 2. The second-order valence-corrected chi connectivity index (χ2v) is 8.84. The zero-order valence-electron chi connectivity index (χ0n) is 22.0. The molecular formula is C29H32N2NaO5. The van der Waals surface area contributed by atoms with Crippen molar-refractivity contribution < 1.29 is 24.2 Å². The topological polar surface area (TPSA) is 89.0 Å². The Bertz CT molecular complexity index is 1230. The Labute approximate surface area is 240 Å². The summed E-state index contributed by atoms with van der Waals surface area (Å²) in [6, 6.07) is 15.3. The third kappa shape index (κ3) is 6.72. The maximum Gasteiger partial charge on any atom is 0.307 e. The van der Waals surface area contributed by atoms with Gasteiger partial charge in [0.25, 0.3) is 0 Å². The number of benzene rings is 2. The molecule has 189 valence electrons. The number of hydrogen-bond donors (Lipinski definition) is 1. The van der Waals surface area contributed by atoms with Crippen molar-refractivity contribution in [3.8, 4) is 33.9 Å². The molecule has 7 nitrogen and oxygen atoms in total. The number of hydrogen-bond acceptors (Lipinski definition) is 5. The predicted molar refractivity (Wildman–Crippen MR) is 144 cm³/mol. The quantitative estimate of drug-likeness (QED) is 0.371. The molecule has 3 aromatic rings. The second-order valence-electron chi connectivity index (χ2n) is 8.84. The smallest absolute Gasteiger partial charge is 0.307 e. The molecule has 1 aliphatic carbocycles. The Morgan fingerprint density at radius 3 is 2.32 bits per heavy atom.